The van der Waals surface area contributed by atoms with E-state index in [4.69, 9.17) is 16.3 Å². The van der Waals surface area contributed by atoms with Crippen molar-refractivity contribution in [1.82, 2.24) is 14.9 Å². The standard InChI is InChI=1S/C14H16ClN3O2S/c1-18-8-16-7-10(18)11-6-9(4-5-20-11)17-14(19)12-2-3-13(15)21-12/h2-3,7-9,11H,4-6H2,1H3,(H,17,19)/t9-,11+/m1/s1. The Balaban J connectivity index is 1.64. The number of imidazole rings is 1. The third-order valence-corrected chi connectivity index (χ3v) is 4.83. The number of carbonyl (C=O) groups is 1. The maximum Gasteiger partial charge on any atom is 0.261 e. The molecule has 5 nitrogen and oxygen atoms in total. The minimum atomic E-state index is -0.0671. The molecule has 21 heavy (non-hydrogen) atoms. The molecule has 0 radical (unpaired) electrons. The van der Waals surface area contributed by atoms with Crippen molar-refractivity contribution in [2.24, 2.45) is 7.05 Å². The maximum absolute atomic E-state index is 12.2. The van der Waals surface area contributed by atoms with Crippen LogP contribution in [0.5, 0.6) is 0 Å². The zero-order valence-corrected chi connectivity index (χ0v) is 13.2. The van der Waals surface area contributed by atoms with Crippen LogP contribution in [0.25, 0.3) is 0 Å². The van der Waals surface area contributed by atoms with Gasteiger partial charge in [-0.05, 0) is 25.0 Å². The summed E-state index contributed by atoms with van der Waals surface area (Å²) in [7, 11) is 1.95. The molecule has 112 valence electrons. The van der Waals surface area contributed by atoms with E-state index in [0.717, 1.165) is 18.5 Å². The molecule has 1 fully saturated rings. The highest BCUT2D eigenvalue weighted by Gasteiger charge is 2.27. The zero-order valence-electron chi connectivity index (χ0n) is 11.6. The fourth-order valence-corrected chi connectivity index (χ4v) is 3.45. The third-order valence-electron chi connectivity index (χ3n) is 3.60. The first-order valence-electron chi connectivity index (χ1n) is 6.77. The number of ether oxygens (including phenoxy) is 1. The van der Waals surface area contributed by atoms with E-state index in [-0.39, 0.29) is 18.1 Å². The molecule has 2 atom stereocenters. The van der Waals surface area contributed by atoms with Gasteiger partial charge in [-0.2, -0.15) is 0 Å². The summed E-state index contributed by atoms with van der Waals surface area (Å²) in [4.78, 5) is 16.9. The number of thiophene rings is 1. The molecule has 2 aromatic heterocycles. The molecule has 1 aliphatic rings. The molecule has 0 bridgehead atoms. The molecule has 0 saturated carbocycles. The summed E-state index contributed by atoms with van der Waals surface area (Å²) < 4.78 is 8.37. The van der Waals surface area contributed by atoms with Crippen LogP contribution in [0.15, 0.2) is 24.7 Å². The van der Waals surface area contributed by atoms with E-state index < -0.39 is 0 Å². The van der Waals surface area contributed by atoms with Gasteiger partial charge >= 0.3 is 0 Å². The summed E-state index contributed by atoms with van der Waals surface area (Å²) >= 11 is 7.16. The van der Waals surface area contributed by atoms with Crippen molar-refractivity contribution in [2.75, 3.05) is 6.61 Å². The van der Waals surface area contributed by atoms with Crippen LogP contribution in [0.3, 0.4) is 0 Å². The molecule has 3 rings (SSSR count). The number of carbonyl (C=O) groups excluding carboxylic acids is 1. The zero-order chi connectivity index (χ0) is 14.8. The first kappa shape index (κ1) is 14.6. The second kappa shape index (κ2) is 6.17. The highest BCUT2D eigenvalue weighted by atomic mass is 35.5. The summed E-state index contributed by atoms with van der Waals surface area (Å²) in [6.45, 7) is 0.631. The number of nitrogens with zero attached hydrogens (tertiary/aromatic N) is 2. The van der Waals surface area contributed by atoms with Gasteiger partial charge in [0.05, 0.1) is 27.4 Å². The number of amides is 1. The average molecular weight is 326 g/mol. The molecule has 1 amide bonds. The summed E-state index contributed by atoms with van der Waals surface area (Å²) in [6.07, 6.45) is 5.12. The van der Waals surface area contributed by atoms with Crippen LogP contribution < -0.4 is 5.32 Å². The van der Waals surface area contributed by atoms with Crippen LogP contribution in [0, 0.1) is 0 Å². The molecular formula is C14H16ClN3O2S. The van der Waals surface area contributed by atoms with Gasteiger partial charge in [0.2, 0.25) is 0 Å². The van der Waals surface area contributed by atoms with Gasteiger partial charge in [0.1, 0.15) is 6.10 Å². The summed E-state index contributed by atoms with van der Waals surface area (Å²) in [6, 6.07) is 3.59. The molecule has 3 heterocycles. The van der Waals surface area contributed by atoms with Gasteiger partial charge in [0.25, 0.3) is 5.91 Å². The lowest BCUT2D eigenvalue weighted by atomic mass is 10.0. The Morgan fingerprint density at radius 1 is 1.57 bits per heavy atom. The van der Waals surface area contributed by atoms with Crippen LogP contribution in [-0.2, 0) is 11.8 Å². The van der Waals surface area contributed by atoms with E-state index in [1.165, 1.54) is 11.3 Å². The van der Waals surface area contributed by atoms with E-state index >= 15 is 0 Å². The van der Waals surface area contributed by atoms with Crippen molar-refractivity contribution in [3.8, 4) is 0 Å². The number of aromatic nitrogens is 2. The van der Waals surface area contributed by atoms with E-state index in [0.29, 0.717) is 15.8 Å². The third kappa shape index (κ3) is 3.28. The van der Waals surface area contributed by atoms with Gasteiger partial charge in [0.15, 0.2) is 0 Å². The van der Waals surface area contributed by atoms with E-state index in [1.54, 1.807) is 18.5 Å². The SMILES string of the molecule is Cn1cncc1[C@@H]1C[C@H](NC(=O)c2ccc(Cl)s2)CCO1. The summed E-state index contributed by atoms with van der Waals surface area (Å²) in [5.41, 5.74) is 1.04. The van der Waals surface area contributed by atoms with Crippen molar-refractivity contribution >= 4 is 28.8 Å². The van der Waals surface area contributed by atoms with Crippen molar-refractivity contribution in [3.05, 3.63) is 39.6 Å². The predicted molar refractivity (Wildman–Crippen MR) is 81.7 cm³/mol. The monoisotopic (exact) mass is 325 g/mol. The first-order valence-corrected chi connectivity index (χ1v) is 7.97. The number of rotatable bonds is 3. The van der Waals surface area contributed by atoms with Crippen molar-refractivity contribution in [3.63, 3.8) is 0 Å². The molecule has 1 aliphatic heterocycles. The minimum Gasteiger partial charge on any atom is -0.372 e. The van der Waals surface area contributed by atoms with Gasteiger partial charge in [-0.1, -0.05) is 11.6 Å². The Labute approximate surface area is 131 Å². The smallest absolute Gasteiger partial charge is 0.261 e. The first-order chi connectivity index (χ1) is 10.1. The largest absolute Gasteiger partial charge is 0.372 e. The number of aryl methyl sites for hydroxylation is 1. The molecule has 0 aromatic carbocycles. The topological polar surface area (TPSA) is 56.2 Å². The molecule has 0 unspecified atom stereocenters. The maximum atomic E-state index is 12.2. The number of hydrogen-bond donors (Lipinski definition) is 1. The fraction of sp³-hybridized carbons (Fsp3) is 0.429. The van der Waals surface area contributed by atoms with Crippen LogP contribution in [0.4, 0.5) is 0 Å². The number of hydrogen-bond acceptors (Lipinski definition) is 4. The van der Waals surface area contributed by atoms with Gasteiger partial charge in [-0.25, -0.2) is 4.98 Å². The van der Waals surface area contributed by atoms with Crippen molar-refractivity contribution in [1.29, 1.82) is 0 Å². The highest BCUT2D eigenvalue weighted by Crippen LogP contribution is 2.28. The molecule has 0 aliphatic carbocycles. The Bertz CT molecular complexity index is 640. The summed E-state index contributed by atoms with van der Waals surface area (Å²) in [5.74, 6) is -0.0671. The lowest BCUT2D eigenvalue weighted by Gasteiger charge is -2.30. The molecule has 7 heteroatoms. The van der Waals surface area contributed by atoms with E-state index in [9.17, 15) is 4.79 Å². The molecule has 2 aromatic rings. The second-order valence-electron chi connectivity index (χ2n) is 5.09. The minimum absolute atomic E-state index is 0.0246. The average Bonchev–Trinajstić information content (AvgIpc) is 3.08. The lowest BCUT2D eigenvalue weighted by Crippen LogP contribution is -2.39. The Morgan fingerprint density at radius 3 is 3.10 bits per heavy atom. The van der Waals surface area contributed by atoms with Crippen molar-refractivity contribution in [2.45, 2.75) is 25.0 Å². The highest BCUT2D eigenvalue weighted by molar-refractivity contribution is 7.17. The molecule has 1 saturated heterocycles. The van der Waals surface area contributed by atoms with Gasteiger partial charge in [-0.3, -0.25) is 4.79 Å². The van der Waals surface area contributed by atoms with Crippen LogP contribution >= 0.6 is 22.9 Å². The van der Waals surface area contributed by atoms with E-state index in [1.807, 2.05) is 17.8 Å². The van der Waals surface area contributed by atoms with Crippen LogP contribution in [0.2, 0.25) is 4.34 Å². The lowest BCUT2D eigenvalue weighted by molar-refractivity contribution is -0.00298. The Morgan fingerprint density at radius 2 is 2.43 bits per heavy atom. The molecule has 1 N–H and O–H groups in total. The predicted octanol–water partition coefficient (Wildman–Crippen LogP) is 2.79. The van der Waals surface area contributed by atoms with Crippen LogP contribution in [0.1, 0.15) is 34.3 Å². The number of nitrogens with one attached hydrogen (secondary N) is 1. The van der Waals surface area contributed by atoms with Gasteiger partial charge in [-0.15, -0.1) is 11.3 Å². The summed E-state index contributed by atoms with van der Waals surface area (Å²) in [5, 5.41) is 3.06. The van der Waals surface area contributed by atoms with E-state index in [2.05, 4.69) is 10.3 Å². The Hall–Kier alpha value is -1.37. The normalized spacial score (nSPS) is 22.2. The Kier molecular flexibility index (Phi) is 4.28. The quantitative estimate of drug-likeness (QED) is 0.944. The van der Waals surface area contributed by atoms with Crippen LogP contribution in [-0.4, -0.2) is 28.1 Å². The molecular weight excluding hydrogens is 310 g/mol. The van der Waals surface area contributed by atoms with Crippen molar-refractivity contribution < 1.29 is 9.53 Å². The second-order valence-corrected chi connectivity index (χ2v) is 6.80. The number of halogens is 1. The fourth-order valence-electron chi connectivity index (χ4n) is 2.50. The molecule has 0 spiro atoms. The van der Waals surface area contributed by atoms with Gasteiger partial charge < -0.3 is 14.6 Å². The van der Waals surface area contributed by atoms with Gasteiger partial charge in [0, 0.05) is 19.7 Å².